The van der Waals surface area contributed by atoms with E-state index in [1.165, 1.54) is 23.0 Å². The molecular formula is C21H16FN5O2. The van der Waals surface area contributed by atoms with Gasteiger partial charge in [0.15, 0.2) is 5.82 Å². The first-order valence-corrected chi connectivity index (χ1v) is 9.00. The number of hydrogen-bond acceptors (Lipinski definition) is 4. The molecule has 1 aliphatic heterocycles. The number of carbonyl (C=O) groups is 2. The molecule has 1 aliphatic rings. The van der Waals surface area contributed by atoms with Crippen molar-refractivity contribution in [1.29, 1.82) is 5.26 Å². The molecule has 7 nitrogen and oxygen atoms in total. The maximum absolute atomic E-state index is 13.8. The molecule has 3 aromatic rings. The third-order valence-corrected chi connectivity index (χ3v) is 4.75. The van der Waals surface area contributed by atoms with Crippen LogP contribution in [0.1, 0.15) is 40.4 Å². The summed E-state index contributed by atoms with van der Waals surface area (Å²) < 4.78 is 15.1. The number of carbonyl (C=O) groups excluding carboxylic acids is 2. The lowest BCUT2D eigenvalue weighted by Gasteiger charge is -2.10. The molecule has 2 heterocycles. The van der Waals surface area contributed by atoms with Crippen molar-refractivity contribution in [3.63, 3.8) is 0 Å². The van der Waals surface area contributed by atoms with Gasteiger partial charge in [-0.1, -0.05) is 18.2 Å². The molecule has 0 saturated carbocycles. The fourth-order valence-corrected chi connectivity index (χ4v) is 3.26. The van der Waals surface area contributed by atoms with Crippen molar-refractivity contribution in [2.75, 3.05) is 5.32 Å². The summed E-state index contributed by atoms with van der Waals surface area (Å²) in [5, 5.41) is 18.9. The number of hydrogen-bond donors (Lipinski definition) is 2. The Morgan fingerprint density at radius 3 is 2.72 bits per heavy atom. The van der Waals surface area contributed by atoms with Crippen LogP contribution in [-0.2, 0) is 4.79 Å². The first kappa shape index (κ1) is 18.4. The average molecular weight is 389 g/mol. The fraction of sp³-hybridized carbons (Fsp3) is 0.143. The lowest BCUT2D eigenvalue weighted by Crippen LogP contribution is -2.18. The van der Waals surface area contributed by atoms with Crippen LogP contribution in [0.4, 0.5) is 10.2 Å². The first-order valence-electron chi connectivity index (χ1n) is 9.00. The van der Waals surface area contributed by atoms with Crippen molar-refractivity contribution in [1.82, 2.24) is 15.1 Å². The van der Waals surface area contributed by atoms with Gasteiger partial charge in [0.25, 0.3) is 5.91 Å². The van der Waals surface area contributed by atoms with Crippen LogP contribution in [0, 0.1) is 17.1 Å². The topological polar surface area (TPSA) is 99.8 Å². The second kappa shape index (κ2) is 7.56. The third-order valence-electron chi connectivity index (χ3n) is 4.75. The largest absolute Gasteiger partial charge is 0.349 e. The van der Waals surface area contributed by atoms with E-state index >= 15 is 0 Å². The summed E-state index contributed by atoms with van der Waals surface area (Å²) in [5.41, 5.74) is 1.56. The van der Waals surface area contributed by atoms with E-state index in [1.807, 2.05) is 18.2 Å². The van der Waals surface area contributed by atoms with Gasteiger partial charge in [-0.15, -0.1) is 0 Å². The van der Waals surface area contributed by atoms with Crippen molar-refractivity contribution in [3.05, 3.63) is 77.2 Å². The Labute approximate surface area is 165 Å². The van der Waals surface area contributed by atoms with Gasteiger partial charge in [0.1, 0.15) is 17.4 Å². The number of nitriles is 1. The van der Waals surface area contributed by atoms with E-state index in [-0.39, 0.29) is 34.9 Å². The van der Waals surface area contributed by atoms with Gasteiger partial charge < -0.3 is 10.6 Å². The molecule has 4 rings (SSSR count). The molecule has 144 valence electrons. The molecule has 29 heavy (non-hydrogen) atoms. The van der Waals surface area contributed by atoms with Crippen LogP contribution in [0.15, 0.2) is 54.7 Å². The maximum Gasteiger partial charge on any atom is 0.256 e. The Balaban J connectivity index is 1.48. The van der Waals surface area contributed by atoms with Crippen molar-refractivity contribution in [2.24, 2.45) is 0 Å². The van der Waals surface area contributed by atoms with Gasteiger partial charge in [0.05, 0.1) is 11.7 Å². The molecule has 1 saturated heterocycles. The highest BCUT2D eigenvalue weighted by Crippen LogP contribution is 2.24. The molecule has 1 aromatic heterocycles. The smallest absolute Gasteiger partial charge is 0.256 e. The van der Waals surface area contributed by atoms with Crippen LogP contribution in [0.25, 0.3) is 5.69 Å². The van der Waals surface area contributed by atoms with Crippen LogP contribution in [-0.4, -0.2) is 21.6 Å². The van der Waals surface area contributed by atoms with Gasteiger partial charge in [-0.25, -0.2) is 9.07 Å². The third kappa shape index (κ3) is 3.71. The van der Waals surface area contributed by atoms with Crippen LogP contribution in [0.2, 0.25) is 0 Å². The summed E-state index contributed by atoms with van der Waals surface area (Å²) in [6.07, 6.45) is 2.79. The van der Waals surface area contributed by atoms with Crippen LogP contribution in [0.3, 0.4) is 0 Å². The zero-order chi connectivity index (χ0) is 20.4. The molecule has 2 aromatic carbocycles. The van der Waals surface area contributed by atoms with Crippen molar-refractivity contribution in [3.8, 4) is 11.8 Å². The van der Waals surface area contributed by atoms with Gasteiger partial charge in [0.2, 0.25) is 5.91 Å². The lowest BCUT2D eigenvalue weighted by molar-refractivity contribution is -0.119. The molecule has 0 radical (unpaired) electrons. The number of benzene rings is 2. The first-order chi connectivity index (χ1) is 14.0. The Morgan fingerprint density at radius 1 is 1.24 bits per heavy atom. The maximum atomic E-state index is 13.8. The Kier molecular flexibility index (Phi) is 4.79. The summed E-state index contributed by atoms with van der Waals surface area (Å²) in [4.78, 5) is 23.8. The standard InChI is InChI=1S/C21H16FN5O2/c22-16-2-1-3-18(15(16)12-23)27-11-10-19(26-27)25-21(29)14-6-4-13(5-7-14)17-8-9-20(28)24-17/h1-7,10-11,17H,8-9H2,(H,24,28)(H,25,26,29). The van der Waals surface area contributed by atoms with Crippen molar-refractivity contribution < 1.29 is 14.0 Å². The minimum Gasteiger partial charge on any atom is -0.349 e. The number of aromatic nitrogens is 2. The Morgan fingerprint density at radius 2 is 2.03 bits per heavy atom. The van der Waals surface area contributed by atoms with E-state index in [9.17, 15) is 14.0 Å². The Hall–Kier alpha value is -3.99. The van der Waals surface area contributed by atoms with Crippen LogP contribution < -0.4 is 10.6 Å². The summed E-state index contributed by atoms with van der Waals surface area (Å²) >= 11 is 0. The van der Waals surface area contributed by atoms with Gasteiger partial charge in [-0.2, -0.15) is 10.4 Å². The molecule has 1 fully saturated rings. The van der Waals surface area contributed by atoms with E-state index < -0.39 is 5.82 Å². The Bertz CT molecular complexity index is 1130. The monoisotopic (exact) mass is 389 g/mol. The van der Waals surface area contributed by atoms with E-state index in [4.69, 9.17) is 5.26 Å². The molecule has 0 spiro atoms. The van der Waals surface area contributed by atoms with Crippen LogP contribution in [0.5, 0.6) is 0 Å². The van der Waals surface area contributed by atoms with Gasteiger partial charge in [-0.05, 0) is 36.2 Å². The molecule has 1 atom stereocenters. The zero-order valence-corrected chi connectivity index (χ0v) is 15.2. The number of amides is 2. The molecule has 0 aliphatic carbocycles. The summed E-state index contributed by atoms with van der Waals surface area (Å²) in [7, 11) is 0. The lowest BCUT2D eigenvalue weighted by atomic mass is 10.0. The zero-order valence-electron chi connectivity index (χ0n) is 15.2. The predicted molar refractivity (Wildman–Crippen MR) is 103 cm³/mol. The van der Waals surface area contributed by atoms with Gasteiger partial charge in [-0.3, -0.25) is 9.59 Å². The van der Waals surface area contributed by atoms with E-state index in [0.717, 1.165) is 12.0 Å². The summed E-state index contributed by atoms with van der Waals surface area (Å²) in [6.45, 7) is 0. The highest BCUT2D eigenvalue weighted by Gasteiger charge is 2.22. The molecule has 0 bridgehead atoms. The average Bonchev–Trinajstić information content (AvgIpc) is 3.37. The summed E-state index contributed by atoms with van der Waals surface area (Å²) in [6, 6.07) is 14.6. The molecular weight excluding hydrogens is 373 g/mol. The summed E-state index contributed by atoms with van der Waals surface area (Å²) in [5.74, 6) is -0.679. The second-order valence-electron chi connectivity index (χ2n) is 6.63. The van der Waals surface area contributed by atoms with Crippen molar-refractivity contribution in [2.45, 2.75) is 18.9 Å². The van der Waals surface area contributed by atoms with E-state index in [1.54, 1.807) is 24.3 Å². The minimum atomic E-state index is -0.635. The normalized spacial score (nSPS) is 15.6. The minimum absolute atomic E-state index is 0.0177. The molecule has 2 amide bonds. The van der Waals surface area contributed by atoms with Crippen LogP contribution >= 0.6 is 0 Å². The SMILES string of the molecule is N#Cc1c(F)cccc1-n1ccc(NC(=O)c2ccc(C3CCC(=O)N3)cc2)n1. The number of rotatable bonds is 4. The van der Waals surface area contributed by atoms with E-state index in [0.29, 0.717) is 12.0 Å². The molecule has 2 N–H and O–H groups in total. The highest BCUT2D eigenvalue weighted by atomic mass is 19.1. The molecule has 8 heteroatoms. The fourth-order valence-electron chi connectivity index (χ4n) is 3.26. The quantitative estimate of drug-likeness (QED) is 0.716. The number of anilines is 1. The van der Waals surface area contributed by atoms with Gasteiger partial charge in [0, 0.05) is 24.2 Å². The molecule has 1 unspecified atom stereocenters. The number of nitrogens with one attached hydrogen (secondary N) is 2. The number of nitrogens with zero attached hydrogens (tertiary/aromatic N) is 3. The van der Waals surface area contributed by atoms with Gasteiger partial charge >= 0.3 is 0 Å². The predicted octanol–water partition coefficient (Wildman–Crippen LogP) is 3.09. The highest BCUT2D eigenvalue weighted by molar-refractivity contribution is 6.03. The van der Waals surface area contributed by atoms with E-state index in [2.05, 4.69) is 15.7 Å². The van der Waals surface area contributed by atoms with Crippen molar-refractivity contribution >= 4 is 17.6 Å². The number of halogens is 1. The second-order valence-corrected chi connectivity index (χ2v) is 6.63.